The van der Waals surface area contributed by atoms with Crippen molar-refractivity contribution >= 4 is 92.9 Å². The summed E-state index contributed by atoms with van der Waals surface area (Å²) in [6.45, 7) is 28.5. The topological polar surface area (TPSA) is 143 Å². The molecule has 0 unspecified atom stereocenters. The molecule has 425 valence electrons. The number of rotatable bonds is 12. The van der Waals surface area contributed by atoms with Gasteiger partial charge >= 0.3 is 474 Å². The van der Waals surface area contributed by atoms with Crippen LogP contribution < -0.4 is 52.2 Å². The second-order valence-corrected chi connectivity index (χ2v) is 39.5. The van der Waals surface area contributed by atoms with Crippen molar-refractivity contribution < 1.29 is 17.1 Å². The first-order chi connectivity index (χ1) is 43.3. The fourth-order valence-corrected chi connectivity index (χ4v) is 37.4. The molecule has 1 radical (unpaired) electrons. The van der Waals surface area contributed by atoms with Crippen LogP contribution in [0.15, 0.2) is 364 Å². The van der Waals surface area contributed by atoms with Crippen molar-refractivity contribution in [1.29, 1.82) is 31.6 Å². The van der Waals surface area contributed by atoms with Crippen LogP contribution in [0.1, 0.15) is 0 Å². The Morgan fingerprint density at radius 1 is 0.125 bits per heavy atom. The van der Waals surface area contributed by atoms with E-state index >= 15 is 0 Å². The quantitative estimate of drug-likeness (QED) is 0.0881. The Morgan fingerprint density at radius 3 is 0.239 bits per heavy atom. The standard InChI is InChI=1S/3C24H20As.6CN.Fe/c3*1-5-13-21(14-6-1)25(22-15-7-2-8-16-22,23-17-9-3-10-18-23)24-19-11-4-12-20-24;6*1-2;/h3*1-20H;;;;;;;/q3*+1;6*-1;+3. The molecule has 6 nitrogen and oxygen atoms in total. The van der Waals surface area contributed by atoms with Crippen molar-refractivity contribution in [3.63, 3.8) is 0 Å². The van der Waals surface area contributed by atoms with E-state index in [1.807, 2.05) is 0 Å². The van der Waals surface area contributed by atoms with Gasteiger partial charge < -0.3 is 71.0 Å². The molecule has 0 spiro atoms. The molecule has 0 aliphatic rings. The third-order valence-corrected chi connectivity index (χ3v) is 40.7. The molecule has 0 atom stereocenters. The summed E-state index contributed by atoms with van der Waals surface area (Å²) in [6, 6.07) is 133. The average molecular weight is 1360 g/mol. The van der Waals surface area contributed by atoms with E-state index in [0.29, 0.717) is 0 Å². The Balaban J connectivity index is 0.000000316. The molecule has 12 rings (SSSR count). The van der Waals surface area contributed by atoms with Gasteiger partial charge in [0.2, 0.25) is 0 Å². The Bertz CT molecular complexity index is 2950. The van der Waals surface area contributed by atoms with Gasteiger partial charge in [-0.15, -0.1) is 0 Å². The number of hydrogen-bond donors (Lipinski definition) is 0. The second kappa shape index (κ2) is 40.9. The molecule has 0 aliphatic carbocycles. The van der Waals surface area contributed by atoms with Crippen LogP contribution in [0.25, 0.3) is 0 Å². The zero-order valence-corrected chi connectivity index (χ0v) is 54.8. The number of hydrogen-bond acceptors (Lipinski definition) is 6. The van der Waals surface area contributed by atoms with Gasteiger partial charge in [-0.2, -0.15) is 0 Å². The molecule has 0 N–H and O–H groups in total. The Labute approximate surface area is 540 Å². The van der Waals surface area contributed by atoms with Crippen molar-refractivity contribution in [2.75, 3.05) is 0 Å². The predicted molar refractivity (Wildman–Crippen MR) is 360 cm³/mol. The first-order valence-corrected chi connectivity index (χ1v) is 38.2. The maximum atomic E-state index is 6.25. The molecule has 0 aromatic heterocycles. The van der Waals surface area contributed by atoms with Crippen molar-refractivity contribution in [1.82, 2.24) is 0 Å². The first kappa shape index (κ1) is 72.0. The van der Waals surface area contributed by atoms with Gasteiger partial charge in [0.05, 0.1) is 0 Å². The molecule has 0 saturated heterocycles. The molecular weight excluding hydrogens is 1300 g/mol. The summed E-state index contributed by atoms with van der Waals surface area (Å²) in [6.07, 6.45) is 0. The SMILES string of the molecule is [C-]#N.[C-]#N.[C-]#N.[C-]#N.[C-]#N.[C-]#N.[Fe+3].c1ccc([As+](c2ccccc2)(c2ccccc2)c2ccccc2)cc1.c1ccc([As+](c2ccccc2)(c2ccccc2)c2ccccc2)cc1.c1ccc([As+](c2ccccc2)(c2ccccc2)c2ccccc2)cc1. The third-order valence-electron chi connectivity index (χ3n) is 13.7. The summed E-state index contributed by atoms with van der Waals surface area (Å²) >= 11 is -8.30. The molecule has 88 heavy (non-hydrogen) atoms. The summed E-state index contributed by atoms with van der Waals surface area (Å²) in [4.78, 5) is 0. The molecule has 12 aromatic carbocycles. The van der Waals surface area contributed by atoms with Gasteiger partial charge in [-0.1, -0.05) is 0 Å². The number of benzene rings is 12. The minimum absolute atomic E-state index is 0. The van der Waals surface area contributed by atoms with E-state index in [0.717, 1.165) is 0 Å². The van der Waals surface area contributed by atoms with Gasteiger partial charge in [-0.25, -0.2) is 0 Å². The van der Waals surface area contributed by atoms with Crippen molar-refractivity contribution in [3.8, 4) is 0 Å². The van der Waals surface area contributed by atoms with E-state index in [9.17, 15) is 0 Å². The zero-order chi connectivity index (χ0) is 62.9. The van der Waals surface area contributed by atoms with Gasteiger partial charge in [0.1, 0.15) is 0 Å². The molecular formula is C78H60As3FeN6. The van der Waals surface area contributed by atoms with Gasteiger partial charge in [0.15, 0.2) is 0 Å². The Morgan fingerprint density at radius 2 is 0.182 bits per heavy atom. The molecule has 0 amide bonds. The maximum absolute atomic E-state index is 6.25. The van der Waals surface area contributed by atoms with Crippen LogP contribution in [-0.2, 0) is 17.1 Å². The van der Waals surface area contributed by atoms with Crippen LogP contribution in [0.2, 0.25) is 0 Å². The minimum atomic E-state index is -2.77. The van der Waals surface area contributed by atoms with Gasteiger partial charge in [0, 0.05) is 0 Å². The van der Waals surface area contributed by atoms with Crippen LogP contribution in [-0.4, -0.2) is 40.7 Å². The molecule has 0 fully saturated rings. The number of nitrogens with zero attached hydrogens (tertiary/aromatic N) is 6. The van der Waals surface area contributed by atoms with Crippen molar-refractivity contribution in [3.05, 3.63) is 403 Å². The van der Waals surface area contributed by atoms with Crippen LogP contribution >= 0.6 is 0 Å². The first-order valence-electron chi connectivity index (χ1n) is 27.0. The summed E-state index contributed by atoms with van der Waals surface area (Å²) in [5, 5.41) is 37.5. The van der Waals surface area contributed by atoms with Crippen LogP contribution in [0.4, 0.5) is 0 Å². The Hall–Kier alpha value is -10.2. The van der Waals surface area contributed by atoms with E-state index in [4.69, 9.17) is 71.0 Å². The van der Waals surface area contributed by atoms with Crippen LogP contribution in [0, 0.1) is 71.0 Å². The molecule has 10 heteroatoms. The van der Waals surface area contributed by atoms with Crippen molar-refractivity contribution in [2.45, 2.75) is 0 Å². The fourth-order valence-electron chi connectivity index (χ4n) is 10.5. The summed E-state index contributed by atoms with van der Waals surface area (Å²) in [7, 11) is 0. The predicted octanol–water partition coefficient (Wildman–Crippen LogP) is 9.77. The van der Waals surface area contributed by atoms with E-state index in [2.05, 4.69) is 364 Å². The van der Waals surface area contributed by atoms with Gasteiger partial charge in [-0.05, 0) is 0 Å². The normalized spacial score (nSPS) is 9.68. The third kappa shape index (κ3) is 17.0. The summed E-state index contributed by atoms with van der Waals surface area (Å²) < 4.78 is 17.4. The molecule has 0 saturated carbocycles. The van der Waals surface area contributed by atoms with Crippen LogP contribution in [0.5, 0.6) is 0 Å². The average Bonchev–Trinajstić information content (AvgIpc) is 0.838. The van der Waals surface area contributed by atoms with Gasteiger partial charge in [-0.3, -0.25) is 0 Å². The van der Waals surface area contributed by atoms with E-state index in [1.54, 1.807) is 0 Å². The Kier molecular flexibility index (Phi) is 33.5. The van der Waals surface area contributed by atoms with Gasteiger partial charge in [0.25, 0.3) is 0 Å². The second-order valence-electron chi connectivity index (χ2n) is 18.0. The monoisotopic (exact) mass is 1360 g/mol. The molecule has 0 aliphatic heterocycles. The molecule has 0 bridgehead atoms. The summed E-state index contributed by atoms with van der Waals surface area (Å²) in [5.41, 5.74) is 0. The molecule has 12 aromatic rings. The fraction of sp³-hybridized carbons (Fsp3) is 0. The zero-order valence-electron chi connectivity index (χ0n) is 48.0. The van der Waals surface area contributed by atoms with Crippen molar-refractivity contribution in [2.24, 2.45) is 0 Å². The summed E-state index contributed by atoms with van der Waals surface area (Å²) in [5.74, 6) is 0. The van der Waals surface area contributed by atoms with Crippen LogP contribution in [0.3, 0.4) is 0 Å². The van der Waals surface area contributed by atoms with E-state index < -0.39 is 40.7 Å². The van der Waals surface area contributed by atoms with E-state index in [-0.39, 0.29) is 17.1 Å². The van der Waals surface area contributed by atoms with E-state index in [1.165, 1.54) is 52.2 Å². The molecule has 0 heterocycles.